The van der Waals surface area contributed by atoms with Crippen molar-refractivity contribution in [2.24, 2.45) is 7.05 Å². The van der Waals surface area contributed by atoms with Crippen molar-refractivity contribution >= 4 is 32.8 Å². The Bertz CT molecular complexity index is 1390. The molecule has 0 N–H and O–H groups in total. The first-order valence-electron chi connectivity index (χ1n) is 11.9. The molecule has 8 heteroatoms. The van der Waals surface area contributed by atoms with Crippen molar-refractivity contribution < 1.29 is 0 Å². The number of anilines is 1. The minimum Gasteiger partial charge on any atom is -0.350 e. The third kappa shape index (κ3) is 5.28. The highest BCUT2D eigenvalue weighted by Crippen LogP contribution is 2.24. The molecule has 0 amide bonds. The first-order valence-corrected chi connectivity index (χ1v) is 12.7. The molecule has 180 valence electrons. The quantitative estimate of drug-likeness (QED) is 0.365. The normalized spacial score (nSPS) is 16.2. The van der Waals surface area contributed by atoms with Gasteiger partial charge in [-0.1, -0.05) is 12.1 Å². The summed E-state index contributed by atoms with van der Waals surface area (Å²) in [4.78, 5) is 31.5. The van der Waals surface area contributed by atoms with Crippen molar-refractivity contribution in [3.8, 4) is 0 Å². The largest absolute Gasteiger partial charge is 0.350 e. The first-order chi connectivity index (χ1) is 17.0. The molecule has 7 nitrogen and oxygen atoms in total. The van der Waals surface area contributed by atoms with Crippen LogP contribution in [0.15, 0.2) is 70.5 Å². The fraction of sp³-hybridized carbons (Fsp3) is 0.333. The van der Waals surface area contributed by atoms with Crippen LogP contribution in [0.25, 0.3) is 10.9 Å². The fourth-order valence-electron chi connectivity index (χ4n) is 4.99. The monoisotopic (exact) mass is 532 g/mol. The molecule has 0 saturated carbocycles. The molecule has 1 saturated heterocycles. The molecule has 3 aromatic heterocycles. The second-order valence-corrected chi connectivity index (χ2v) is 10.2. The lowest BCUT2D eigenvalue weighted by Crippen LogP contribution is -2.48. The number of benzene rings is 1. The summed E-state index contributed by atoms with van der Waals surface area (Å²) >= 11 is 3.43. The van der Waals surface area contributed by atoms with Gasteiger partial charge < -0.3 is 9.47 Å². The molecular formula is C27H29BrN6O. The molecule has 1 fully saturated rings. The third-order valence-corrected chi connectivity index (χ3v) is 7.10. The lowest BCUT2D eigenvalue weighted by Gasteiger charge is -2.39. The van der Waals surface area contributed by atoms with Crippen LogP contribution < -0.4 is 10.3 Å². The van der Waals surface area contributed by atoms with Crippen LogP contribution in [-0.2, 0) is 20.1 Å². The van der Waals surface area contributed by atoms with Crippen LogP contribution in [0, 0.1) is 6.92 Å². The number of halogens is 1. The maximum atomic E-state index is 13.4. The number of aryl methyl sites for hydroxylation is 2. The van der Waals surface area contributed by atoms with Crippen molar-refractivity contribution in [3.63, 3.8) is 0 Å². The van der Waals surface area contributed by atoms with Crippen LogP contribution >= 0.6 is 15.9 Å². The Morgan fingerprint density at radius 2 is 1.91 bits per heavy atom. The van der Waals surface area contributed by atoms with Crippen LogP contribution in [0.5, 0.6) is 0 Å². The lowest BCUT2D eigenvalue weighted by atomic mass is 10.0. The second kappa shape index (κ2) is 10.3. The molecule has 1 aromatic carbocycles. The van der Waals surface area contributed by atoms with Gasteiger partial charge in [0.05, 0.1) is 9.99 Å². The summed E-state index contributed by atoms with van der Waals surface area (Å²) in [5.74, 6) is 0.749. The molecule has 0 unspecified atom stereocenters. The van der Waals surface area contributed by atoms with Crippen LogP contribution in [0.2, 0.25) is 0 Å². The van der Waals surface area contributed by atoms with Gasteiger partial charge in [0.1, 0.15) is 0 Å². The number of hydrogen-bond donors (Lipinski definition) is 0. The molecule has 4 aromatic rings. The van der Waals surface area contributed by atoms with E-state index in [1.54, 1.807) is 12.4 Å². The zero-order chi connectivity index (χ0) is 24.4. The predicted octanol–water partition coefficient (Wildman–Crippen LogP) is 4.47. The van der Waals surface area contributed by atoms with Crippen LogP contribution in [0.3, 0.4) is 0 Å². The number of para-hydroxylation sites is 1. The number of fused-ring (bicyclic) bond motifs is 1. The number of pyridine rings is 2. The maximum absolute atomic E-state index is 13.4. The molecule has 0 radical (unpaired) electrons. The van der Waals surface area contributed by atoms with Gasteiger partial charge in [0.25, 0.3) is 0 Å². The van der Waals surface area contributed by atoms with Gasteiger partial charge >= 0.3 is 0 Å². The number of rotatable bonds is 6. The Balaban J connectivity index is 1.47. The summed E-state index contributed by atoms with van der Waals surface area (Å²) < 4.78 is 2.93. The Kier molecular flexibility index (Phi) is 6.92. The van der Waals surface area contributed by atoms with Crippen molar-refractivity contribution in [1.29, 1.82) is 0 Å². The maximum Gasteiger partial charge on any atom is 0.225 e. The number of piperidine rings is 1. The van der Waals surface area contributed by atoms with E-state index in [1.807, 2.05) is 50.6 Å². The zero-order valence-electron chi connectivity index (χ0n) is 20.1. The van der Waals surface area contributed by atoms with Crippen LogP contribution in [0.1, 0.15) is 29.7 Å². The van der Waals surface area contributed by atoms with Gasteiger partial charge in [-0.3, -0.25) is 14.7 Å². The highest BCUT2D eigenvalue weighted by Gasteiger charge is 2.28. The third-order valence-electron chi connectivity index (χ3n) is 6.69. The van der Waals surface area contributed by atoms with Crippen molar-refractivity contribution in [3.05, 3.63) is 92.7 Å². The van der Waals surface area contributed by atoms with E-state index in [-0.39, 0.29) is 11.5 Å². The summed E-state index contributed by atoms with van der Waals surface area (Å²) in [6.07, 6.45) is 9.55. The van der Waals surface area contributed by atoms with Gasteiger partial charge in [0, 0.05) is 80.7 Å². The van der Waals surface area contributed by atoms with E-state index in [0.717, 1.165) is 65.1 Å². The first kappa shape index (κ1) is 23.6. The minimum absolute atomic E-state index is 0.110. The van der Waals surface area contributed by atoms with Gasteiger partial charge in [0.2, 0.25) is 5.95 Å². The topological polar surface area (TPSA) is 67.2 Å². The molecule has 0 bridgehead atoms. The molecule has 1 atom stereocenters. The summed E-state index contributed by atoms with van der Waals surface area (Å²) in [6, 6.07) is 12.3. The highest BCUT2D eigenvalue weighted by atomic mass is 79.9. The van der Waals surface area contributed by atoms with Gasteiger partial charge in [-0.05, 0) is 65.5 Å². The van der Waals surface area contributed by atoms with Crippen molar-refractivity contribution in [1.82, 2.24) is 24.4 Å². The Hall–Kier alpha value is -3.10. The summed E-state index contributed by atoms with van der Waals surface area (Å²) in [7, 11) is 2.01. The second-order valence-electron chi connectivity index (χ2n) is 9.27. The highest BCUT2D eigenvalue weighted by molar-refractivity contribution is 9.10. The average molecular weight is 533 g/mol. The molecule has 1 aliphatic heterocycles. The van der Waals surface area contributed by atoms with Crippen LogP contribution in [0.4, 0.5) is 5.95 Å². The number of hydrogen-bond acceptors (Lipinski definition) is 6. The number of aromatic nitrogens is 4. The van der Waals surface area contributed by atoms with E-state index in [1.165, 1.54) is 5.56 Å². The predicted molar refractivity (Wildman–Crippen MR) is 142 cm³/mol. The van der Waals surface area contributed by atoms with Crippen molar-refractivity contribution in [2.75, 3.05) is 18.0 Å². The molecule has 0 aliphatic carbocycles. The van der Waals surface area contributed by atoms with Gasteiger partial charge in [-0.2, -0.15) is 0 Å². The molecule has 4 heterocycles. The zero-order valence-corrected chi connectivity index (χ0v) is 21.6. The van der Waals surface area contributed by atoms with E-state index in [2.05, 4.69) is 57.4 Å². The molecule has 0 spiro atoms. The smallest absolute Gasteiger partial charge is 0.225 e. The minimum atomic E-state index is 0.110. The van der Waals surface area contributed by atoms with Crippen LogP contribution in [-0.4, -0.2) is 43.6 Å². The standard InChI is InChI=1S/C27H29BrN6O/c1-19-12-20(9-10-29-19)15-34(17-21-16-32(2)25-8-4-3-7-24(25)26(21)35)23-6-5-11-33(18-23)27-30-13-22(28)14-31-27/h3-4,7-10,12-14,16,23H,5-6,11,15,17-18H2,1-2H3/t23-/m0/s1. The summed E-state index contributed by atoms with van der Waals surface area (Å²) in [5, 5.41) is 0.765. The average Bonchev–Trinajstić information content (AvgIpc) is 2.87. The summed E-state index contributed by atoms with van der Waals surface area (Å²) in [6.45, 7) is 5.09. The molecular weight excluding hydrogens is 504 g/mol. The van der Waals surface area contributed by atoms with E-state index >= 15 is 0 Å². The van der Waals surface area contributed by atoms with Gasteiger partial charge in [-0.15, -0.1) is 0 Å². The fourth-order valence-corrected chi connectivity index (χ4v) is 5.20. The number of nitrogens with zero attached hydrogens (tertiary/aromatic N) is 6. The van der Waals surface area contributed by atoms with Gasteiger partial charge in [0.15, 0.2) is 5.43 Å². The Labute approximate surface area is 213 Å². The molecule has 35 heavy (non-hydrogen) atoms. The summed E-state index contributed by atoms with van der Waals surface area (Å²) in [5.41, 5.74) is 4.08. The Morgan fingerprint density at radius 1 is 1.11 bits per heavy atom. The van der Waals surface area contributed by atoms with E-state index in [4.69, 9.17) is 0 Å². The van der Waals surface area contributed by atoms with E-state index < -0.39 is 0 Å². The molecule has 5 rings (SSSR count). The lowest BCUT2D eigenvalue weighted by molar-refractivity contribution is 0.157. The Morgan fingerprint density at radius 3 is 2.71 bits per heavy atom. The SMILES string of the molecule is Cc1cc(CN(Cc2cn(C)c3ccccc3c2=O)[C@H]2CCCN(c3ncc(Br)cn3)C2)ccn1. The van der Waals surface area contributed by atoms with E-state index in [0.29, 0.717) is 6.54 Å². The van der Waals surface area contributed by atoms with E-state index in [9.17, 15) is 4.79 Å². The molecule has 1 aliphatic rings. The van der Waals surface area contributed by atoms with Gasteiger partial charge in [-0.25, -0.2) is 9.97 Å². The van der Waals surface area contributed by atoms with Crippen molar-refractivity contribution in [2.45, 2.75) is 38.9 Å².